The first kappa shape index (κ1) is 20.0. The monoisotopic (exact) mass is 386 g/mol. The number of carbonyl (C=O) groups excluding carboxylic acids is 4. The summed E-state index contributed by atoms with van der Waals surface area (Å²) in [6.45, 7) is 4.73. The van der Waals surface area contributed by atoms with Crippen LogP contribution in [-0.2, 0) is 14.3 Å². The van der Waals surface area contributed by atoms with Crippen LogP contribution in [0.4, 0.5) is 4.79 Å². The van der Waals surface area contributed by atoms with Crippen LogP contribution >= 0.6 is 0 Å². The lowest BCUT2D eigenvalue weighted by atomic mass is 9.82. The first-order valence-electron chi connectivity index (χ1n) is 9.64. The van der Waals surface area contributed by atoms with Crippen molar-refractivity contribution in [3.8, 4) is 0 Å². The summed E-state index contributed by atoms with van der Waals surface area (Å²) in [5.41, 5.74) is 2.37. The zero-order valence-corrected chi connectivity index (χ0v) is 16.6. The molecule has 1 saturated carbocycles. The number of hydrogen-bond acceptors (Lipinski definition) is 5. The predicted octanol–water partition coefficient (Wildman–Crippen LogP) is 2.59. The Labute approximate surface area is 164 Å². The van der Waals surface area contributed by atoms with Crippen molar-refractivity contribution >= 4 is 23.7 Å². The van der Waals surface area contributed by atoms with E-state index in [1.165, 1.54) is 0 Å². The van der Waals surface area contributed by atoms with Gasteiger partial charge in [-0.05, 0) is 44.7 Å². The zero-order chi connectivity index (χ0) is 20.5. The van der Waals surface area contributed by atoms with E-state index in [4.69, 9.17) is 4.74 Å². The van der Waals surface area contributed by atoms with Crippen LogP contribution in [0.2, 0.25) is 0 Å². The molecule has 1 aromatic carbocycles. The molecule has 2 fully saturated rings. The van der Waals surface area contributed by atoms with Crippen LogP contribution in [0.25, 0.3) is 0 Å². The zero-order valence-electron chi connectivity index (χ0n) is 16.6. The van der Waals surface area contributed by atoms with Gasteiger partial charge >= 0.3 is 12.0 Å². The number of aryl methyl sites for hydroxylation is 3. The Bertz CT molecular complexity index is 816. The Morgan fingerprint density at radius 1 is 1.07 bits per heavy atom. The Morgan fingerprint density at radius 3 is 2.29 bits per heavy atom. The third-order valence-electron chi connectivity index (χ3n) is 5.56. The second-order valence-corrected chi connectivity index (χ2v) is 7.82. The van der Waals surface area contributed by atoms with Crippen molar-refractivity contribution in [3.63, 3.8) is 0 Å². The molecule has 7 nitrogen and oxygen atoms in total. The topological polar surface area (TPSA) is 92.8 Å². The van der Waals surface area contributed by atoms with Crippen molar-refractivity contribution < 1.29 is 23.9 Å². The largest absolute Gasteiger partial charge is 0.456 e. The maximum atomic E-state index is 12.7. The number of ether oxygens (including phenoxy) is 1. The molecule has 0 atom stereocenters. The van der Waals surface area contributed by atoms with Crippen LogP contribution in [0.5, 0.6) is 0 Å². The molecule has 3 amide bonds. The van der Waals surface area contributed by atoms with Gasteiger partial charge < -0.3 is 10.1 Å². The molecular weight excluding hydrogens is 360 g/mol. The molecule has 150 valence electrons. The van der Waals surface area contributed by atoms with Crippen molar-refractivity contribution in [2.75, 3.05) is 13.2 Å². The lowest BCUT2D eigenvalue weighted by Gasteiger charge is -2.30. The third kappa shape index (κ3) is 3.79. The maximum absolute atomic E-state index is 12.7. The highest BCUT2D eigenvalue weighted by atomic mass is 16.5. The lowest BCUT2D eigenvalue weighted by Crippen LogP contribution is -2.48. The van der Waals surface area contributed by atoms with Crippen LogP contribution in [0, 0.1) is 20.8 Å². The van der Waals surface area contributed by atoms with E-state index in [0.717, 1.165) is 40.9 Å². The van der Waals surface area contributed by atoms with Gasteiger partial charge in [0.15, 0.2) is 6.61 Å². The molecule has 28 heavy (non-hydrogen) atoms. The number of hydrogen-bond donors (Lipinski definition) is 1. The minimum absolute atomic E-state index is 0.302. The number of amides is 3. The summed E-state index contributed by atoms with van der Waals surface area (Å²) in [7, 11) is 0. The fourth-order valence-electron chi connectivity index (χ4n) is 4.33. The number of esters is 1. The quantitative estimate of drug-likeness (QED) is 0.477. The molecule has 1 saturated heterocycles. The summed E-state index contributed by atoms with van der Waals surface area (Å²) in [4.78, 5) is 50.4. The molecule has 1 aliphatic heterocycles. The number of benzene rings is 1. The molecule has 2 aliphatic rings. The lowest BCUT2D eigenvalue weighted by molar-refractivity contribution is -0.147. The van der Waals surface area contributed by atoms with Gasteiger partial charge in [0, 0.05) is 5.56 Å². The number of Topliss-reactive ketones (excluding diaryl/α,β-unsaturated/α-hetero) is 1. The van der Waals surface area contributed by atoms with E-state index < -0.39 is 30.7 Å². The van der Waals surface area contributed by atoms with Gasteiger partial charge in [-0.25, -0.2) is 4.79 Å². The normalized spacial score (nSPS) is 18.3. The van der Waals surface area contributed by atoms with E-state index in [-0.39, 0.29) is 11.7 Å². The van der Waals surface area contributed by atoms with Crippen molar-refractivity contribution in [3.05, 3.63) is 34.4 Å². The molecule has 0 bridgehead atoms. The summed E-state index contributed by atoms with van der Waals surface area (Å²) in [6, 6.07) is 3.23. The highest BCUT2D eigenvalue weighted by Crippen LogP contribution is 2.33. The fraction of sp³-hybridized carbons (Fsp3) is 0.524. The number of imide groups is 1. The molecule has 0 unspecified atom stereocenters. The van der Waals surface area contributed by atoms with Gasteiger partial charge in [0.2, 0.25) is 5.78 Å². The third-order valence-corrected chi connectivity index (χ3v) is 5.56. The maximum Gasteiger partial charge on any atom is 0.326 e. The van der Waals surface area contributed by atoms with Crippen molar-refractivity contribution in [1.82, 2.24) is 10.2 Å². The molecule has 1 aromatic rings. The Kier molecular flexibility index (Phi) is 5.54. The van der Waals surface area contributed by atoms with Crippen molar-refractivity contribution in [2.24, 2.45) is 0 Å². The molecule has 1 heterocycles. The molecule has 7 heteroatoms. The Morgan fingerprint density at radius 2 is 1.68 bits per heavy atom. The van der Waals surface area contributed by atoms with Gasteiger partial charge in [-0.15, -0.1) is 0 Å². The number of ketones is 1. The number of nitrogens with one attached hydrogen (secondary N) is 1. The van der Waals surface area contributed by atoms with E-state index in [0.29, 0.717) is 18.4 Å². The van der Waals surface area contributed by atoms with Crippen LogP contribution < -0.4 is 5.32 Å². The van der Waals surface area contributed by atoms with Gasteiger partial charge in [0.1, 0.15) is 12.1 Å². The Balaban J connectivity index is 1.60. The fourth-order valence-corrected chi connectivity index (χ4v) is 4.33. The van der Waals surface area contributed by atoms with Gasteiger partial charge in [0.25, 0.3) is 5.91 Å². The summed E-state index contributed by atoms with van der Waals surface area (Å²) in [5.74, 6) is -1.44. The summed E-state index contributed by atoms with van der Waals surface area (Å²) < 4.78 is 5.07. The summed E-state index contributed by atoms with van der Waals surface area (Å²) in [6.07, 6.45) is 3.95. The van der Waals surface area contributed by atoms with Gasteiger partial charge in [-0.1, -0.05) is 37.0 Å². The van der Waals surface area contributed by atoms with Gasteiger partial charge in [-0.3, -0.25) is 19.3 Å². The first-order valence-corrected chi connectivity index (χ1v) is 9.64. The molecule has 0 radical (unpaired) electrons. The van der Waals surface area contributed by atoms with Crippen LogP contribution in [0.3, 0.4) is 0 Å². The standard InChI is InChI=1S/C21H26N2O5/c1-13-9-14(2)18(15(3)10-13)16(24)12-28-17(25)11-23-19(26)21(22-20(23)27)7-5-4-6-8-21/h9-10H,4-8,11-12H2,1-3H3,(H,22,27). The SMILES string of the molecule is Cc1cc(C)c(C(=O)COC(=O)CN2C(=O)NC3(CCCCC3)C2=O)c(C)c1. The smallest absolute Gasteiger partial charge is 0.326 e. The minimum atomic E-state index is -0.873. The van der Waals surface area contributed by atoms with Crippen LogP contribution in [0.15, 0.2) is 12.1 Å². The van der Waals surface area contributed by atoms with E-state index in [9.17, 15) is 19.2 Å². The molecular formula is C21H26N2O5. The van der Waals surface area contributed by atoms with Crippen molar-refractivity contribution in [2.45, 2.75) is 58.4 Å². The van der Waals surface area contributed by atoms with E-state index in [1.54, 1.807) is 0 Å². The average Bonchev–Trinajstić information content (AvgIpc) is 2.84. The van der Waals surface area contributed by atoms with Crippen molar-refractivity contribution in [1.29, 1.82) is 0 Å². The van der Waals surface area contributed by atoms with E-state index in [1.807, 2.05) is 32.9 Å². The number of rotatable bonds is 5. The van der Waals surface area contributed by atoms with Crippen LogP contribution in [0.1, 0.15) is 59.2 Å². The van der Waals surface area contributed by atoms with E-state index in [2.05, 4.69) is 5.32 Å². The number of nitrogens with zero attached hydrogens (tertiary/aromatic N) is 1. The van der Waals surface area contributed by atoms with Gasteiger partial charge in [0.05, 0.1) is 0 Å². The molecule has 0 aromatic heterocycles. The first-order chi connectivity index (χ1) is 13.2. The highest BCUT2D eigenvalue weighted by molar-refractivity contribution is 6.09. The highest BCUT2D eigenvalue weighted by Gasteiger charge is 2.51. The molecule has 1 aliphatic carbocycles. The summed E-state index contributed by atoms with van der Waals surface area (Å²) in [5, 5.41) is 2.75. The second kappa shape index (κ2) is 7.73. The number of carbonyl (C=O) groups is 4. The van der Waals surface area contributed by atoms with E-state index >= 15 is 0 Å². The van der Waals surface area contributed by atoms with Gasteiger partial charge in [-0.2, -0.15) is 0 Å². The molecule has 3 rings (SSSR count). The number of urea groups is 1. The minimum Gasteiger partial charge on any atom is -0.456 e. The molecule has 1 N–H and O–H groups in total. The average molecular weight is 386 g/mol. The second-order valence-electron chi connectivity index (χ2n) is 7.82. The molecule has 1 spiro atoms. The Hall–Kier alpha value is -2.70. The van der Waals surface area contributed by atoms with Crippen LogP contribution in [-0.4, -0.2) is 47.3 Å². The predicted molar refractivity (Wildman–Crippen MR) is 102 cm³/mol. The summed E-state index contributed by atoms with van der Waals surface area (Å²) >= 11 is 0.